The van der Waals surface area contributed by atoms with Gasteiger partial charge in [0.1, 0.15) is 5.75 Å². The lowest BCUT2D eigenvalue weighted by Gasteiger charge is -2.12. The molecule has 0 aromatic heterocycles. The van der Waals surface area contributed by atoms with Crippen LogP contribution in [0.15, 0.2) is 42.5 Å². The van der Waals surface area contributed by atoms with E-state index in [1.807, 2.05) is 50.2 Å². The molecule has 5 nitrogen and oxygen atoms in total. The smallest absolute Gasteiger partial charge is 0.220 e. The summed E-state index contributed by atoms with van der Waals surface area (Å²) in [6.07, 6.45) is 2.94. The van der Waals surface area contributed by atoms with Crippen molar-refractivity contribution < 1.29 is 19.0 Å². The van der Waals surface area contributed by atoms with Crippen LogP contribution in [0, 0.1) is 0 Å². The van der Waals surface area contributed by atoms with E-state index < -0.39 is 0 Å². The van der Waals surface area contributed by atoms with Crippen LogP contribution in [-0.2, 0) is 17.6 Å². The van der Waals surface area contributed by atoms with Crippen molar-refractivity contribution in [3.05, 3.63) is 53.6 Å². The molecule has 0 radical (unpaired) electrons. The first kappa shape index (κ1) is 21.6. The molecule has 0 saturated heterocycles. The van der Waals surface area contributed by atoms with E-state index >= 15 is 0 Å². The number of ether oxygens (including phenoxy) is 3. The highest BCUT2D eigenvalue weighted by molar-refractivity contribution is 5.76. The third-order valence-electron chi connectivity index (χ3n) is 4.35. The van der Waals surface area contributed by atoms with E-state index in [2.05, 4.69) is 11.4 Å². The monoisotopic (exact) mass is 385 g/mol. The van der Waals surface area contributed by atoms with E-state index in [1.54, 1.807) is 7.11 Å². The maximum Gasteiger partial charge on any atom is 0.220 e. The van der Waals surface area contributed by atoms with Crippen LogP contribution in [0.3, 0.4) is 0 Å². The Balaban J connectivity index is 1.73. The Morgan fingerprint density at radius 1 is 0.929 bits per heavy atom. The summed E-state index contributed by atoms with van der Waals surface area (Å²) in [5.41, 5.74) is 2.28. The molecule has 0 atom stereocenters. The van der Waals surface area contributed by atoms with Crippen LogP contribution in [0.1, 0.15) is 37.8 Å². The van der Waals surface area contributed by atoms with Crippen LogP contribution >= 0.6 is 0 Å². The molecule has 0 unspecified atom stereocenters. The Bertz CT molecular complexity index is 745. The maximum absolute atomic E-state index is 12.1. The molecule has 152 valence electrons. The van der Waals surface area contributed by atoms with Crippen molar-refractivity contribution >= 4 is 5.91 Å². The minimum atomic E-state index is 0.0671. The first-order chi connectivity index (χ1) is 13.7. The van der Waals surface area contributed by atoms with Gasteiger partial charge in [0.25, 0.3) is 0 Å². The Hall–Kier alpha value is -2.69. The third kappa shape index (κ3) is 7.14. The minimum Gasteiger partial charge on any atom is -0.497 e. The second kappa shape index (κ2) is 11.9. The van der Waals surface area contributed by atoms with Crippen molar-refractivity contribution in [1.29, 1.82) is 0 Å². The summed E-state index contributed by atoms with van der Waals surface area (Å²) >= 11 is 0. The molecule has 2 aromatic rings. The van der Waals surface area contributed by atoms with Crippen molar-refractivity contribution in [3.63, 3.8) is 0 Å². The lowest BCUT2D eigenvalue weighted by atomic mass is 10.1. The number of benzene rings is 2. The fraction of sp³-hybridized carbons (Fsp3) is 0.435. The molecule has 0 fully saturated rings. The van der Waals surface area contributed by atoms with Gasteiger partial charge in [0, 0.05) is 13.0 Å². The molecule has 1 N–H and O–H groups in total. The van der Waals surface area contributed by atoms with Crippen molar-refractivity contribution in [1.82, 2.24) is 5.32 Å². The van der Waals surface area contributed by atoms with Gasteiger partial charge in [-0.3, -0.25) is 4.79 Å². The van der Waals surface area contributed by atoms with Gasteiger partial charge in [-0.2, -0.15) is 0 Å². The molecular formula is C23H31NO4. The van der Waals surface area contributed by atoms with Crippen molar-refractivity contribution in [2.24, 2.45) is 0 Å². The summed E-state index contributed by atoms with van der Waals surface area (Å²) in [7, 11) is 1.67. The Labute approximate surface area is 168 Å². The van der Waals surface area contributed by atoms with Crippen molar-refractivity contribution in [2.75, 3.05) is 26.9 Å². The van der Waals surface area contributed by atoms with Crippen LogP contribution in [0.25, 0.3) is 0 Å². The first-order valence-corrected chi connectivity index (χ1v) is 9.94. The van der Waals surface area contributed by atoms with E-state index in [0.717, 1.165) is 35.7 Å². The van der Waals surface area contributed by atoms with Gasteiger partial charge < -0.3 is 19.5 Å². The average molecular weight is 386 g/mol. The lowest BCUT2D eigenvalue weighted by molar-refractivity contribution is -0.121. The summed E-state index contributed by atoms with van der Waals surface area (Å²) in [4.78, 5) is 12.1. The number of hydrogen-bond donors (Lipinski definition) is 1. The summed E-state index contributed by atoms with van der Waals surface area (Å²) in [5.74, 6) is 2.41. The number of rotatable bonds is 12. The van der Waals surface area contributed by atoms with E-state index in [4.69, 9.17) is 14.2 Å². The van der Waals surface area contributed by atoms with Gasteiger partial charge >= 0.3 is 0 Å². The minimum absolute atomic E-state index is 0.0671. The summed E-state index contributed by atoms with van der Waals surface area (Å²) in [6, 6.07) is 13.9. The van der Waals surface area contributed by atoms with E-state index in [9.17, 15) is 4.79 Å². The van der Waals surface area contributed by atoms with Gasteiger partial charge in [-0.1, -0.05) is 18.2 Å². The number of carbonyl (C=O) groups is 1. The molecule has 5 heteroatoms. The number of carbonyl (C=O) groups excluding carboxylic acids is 1. The standard InChI is InChI=1S/C23H31NO4/c1-4-27-21-13-11-19(17-22(21)28-5-2)12-14-23(25)24-15-7-9-18-8-6-10-20(16-18)26-3/h6,8,10-11,13,16-17H,4-5,7,9,12,14-15H2,1-3H3,(H,24,25). The predicted molar refractivity (Wildman–Crippen MR) is 111 cm³/mol. The van der Waals surface area contributed by atoms with Crippen LogP contribution in [0.2, 0.25) is 0 Å². The maximum atomic E-state index is 12.1. The van der Waals surface area contributed by atoms with E-state index in [-0.39, 0.29) is 5.91 Å². The van der Waals surface area contributed by atoms with Gasteiger partial charge in [0.15, 0.2) is 11.5 Å². The highest BCUT2D eigenvalue weighted by atomic mass is 16.5. The zero-order chi connectivity index (χ0) is 20.2. The second-order valence-electron chi connectivity index (χ2n) is 6.45. The third-order valence-corrected chi connectivity index (χ3v) is 4.35. The predicted octanol–water partition coefficient (Wildman–Crippen LogP) is 4.17. The fourth-order valence-corrected chi connectivity index (χ4v) is 2.95. The number of aryl methyl sites for hydroxylation is 2. The molecular weight excluding hydrogens is 354 g/mol. The molecule has 0 aliphatic rings. The van der Waals surface area contributed by atoms with E-state index in [0.29, 0.717) is 32.6 Å². The zero-order valence-electron chi connectivity index (χ0n) is 17.1. The van der Waals surface area contributed by atoms with Crippen LogP contribution in [-0.4, -0.2) is 32.8 Å². The molecule has 0 bridgehead atoms. The molecule has 2 aromatic carbocycles. The van der Waals surface area contributed by atoms with Crippen molar-refractivity contribution in [2.45, 2.75) is 39.5 Å². The fourth-order valence-electron chi connectivity index (χ4n) is 2.95. The SMILES string of the molecule is CCOc1ccc(CCC(=O)NCCCc2cccc(OC)c2)cc1OCC. The molecule has 1 amide bonds. The molecule has 0 saturated carbocycles. The highest BCUT2D eigenvalue weighted by Gasteiger charge is 2.08. The molecule has 0 aliphatic heterocycles. The molecule has 2 rings (SSSR count). The lowest BCUT2D eigenvalue weighted by Crippen LogP contribution is -2.25. The Morgan fingerprint density at radius 3 is 2.43 bits per heavy atom. The quantitative estimate of drug-likeness (QED) is 0.557. The number of hydrogen-bond acceptors (Lipinski definition) is 4. The normalized spacial score (nSPS) is 10.4. The van der Waals surface area contributed by atoms with Gasteiger partial charge in [-0.05, 0) is 68.5 Å². The zero-order valence-corrected chi connectivity index (χ0v) is 17.1. The van der Waals surface area contributed by atoms with Crippen LogP contribution in [0.5, 0.6) is 17.2 Å². The van der Waals surface area contributed by atoms with Gasteiger partial charge in [0.05, 0.1) is 20.3 Å². The molecule has 0 aliphatic carbocycles. The van der Waals surface area contributed by atoms with Gasteiger partial charge in [0.2, 0.25) is 5.91 Å². The first-order valence-electron chi connectivity index (χ1n) is 9.94. The van der Waals surface area contributed by atoms with Gasteiger partial charge in [-0.15, -0.1) is 0 Å². The van der Waals surface area contributed by atoms with Gasteiger partial charge in [-0.25, -0.2) is 0 Å². The number of nitrogens with one attached hydrogen (secondary N) is 1. The Morgan fingerprint density at radius 2 is 1.68 bits per heavy atom. The summed E-state index contributed by atoms with van der Waals surface area (Å²) < 4.78 is 16.4. The van der Waals surface area contributed by atoms with Crippen LogP contribution in [0.4, 0.5) is 0 Å². The second-order valence-corrected chi connectivity index (χ2v) is 6.45. The highest BCUT2D eigenvalue weighted by Crippen LogP contribution is 2.29. The van der Waals surface area contributed by atoms with Crippen LogP contribution < -0.4 is 19.5 Å². The Kier molecular flexibility index (Phi) is 9.19. The number of methoxy groups -OCH3 is 1. The van der Waals surface area contributed by atoms with E-state index in [1.165, 1.54) is 5.56 Å². The summed E-state index contributed by atoms with van der Waals surface area (Å²) in [6.45, 7) is 5.74. The average Bonchev–Trinajstić information content (AvgIpc) is 2.72. The number of amides is 1. The largest absolute Gasteiger partial charge is 0.497 e. The molecule has 0 heterocycles. The topological polar surface area (TPSA) is 56.8 Å². The molecule has 0 spiro atoms. The molecule has 28 heavy (non-hydrogen) atoms. The van der Waals surface area contributed by atoms with Crippen molar-refractivity contribution in [3.8, 4) is 17.2 Å². The summed E-state index contributed by atoms with van der Waals surface area (Å²) in [5, 5.41) is 3.00.